The van der Waals surface area contributed by atoms with E-state index in [1.165, 1.54) is 22.9 Å². The number of carbonyl (C=O) groups excluding carboxylic acids is 2. The van der Waals surface area contributed by atoms with Crippen molar-refractivity contribution in [3.63, 3.8) is 0 Å². The summed E-state index contributed by atoms with van der Waals surface area (Å²) < 4.78 is 23.7. The summed E-state index contributed by atoms with van der Waals surface area (Å²) in [5.74, 6) is -2.60. The third kappa shape index (κ3) is 4.36. The number of aromatic nitrogens is 5. The molecule has 0 radical (unpaired) electrons. The minimum Gasteiger partial charge on any atom is -0.482 e. The van der Waals surface area contributed by atoms with Crippen molar-refractivity contribution in [2.45, 2.75) is 19.6 Å². The van der Waals surface area contributed by atoms with E-state index in [4.69, 9.17) is 4.74 Å². The van der Waals surface area contributed by atoms with E-state index in [1.54, 1.807) is 72.7 Å². The minimum absolute atomic E-state index is 0.0326. The molecule has 12 heteroatoms. The summed E-state index contributed by atoms with van der Waals surface area (Å²) in [6.07, 6.45) is 4.19. The number of carboxylic acid groups (broad SMARTS) is 1. The van der Waals surface area contributed by atoms with Crippen molar-refractivity contribution >= 4 is 45.4 Å². The number of hydrogen-bond acceptors (Lipinski definition) is 7. The Morgan fingerprint density at radius 2 is 1.74 bits per heavy atom. The Kier molecular flexibility index (Phi) is 5.97. The second kappa shape index (κ2) is 9.87. The molecular weight excluding hydrogens is 555 g/mol. The molecule has 1 atom stereocenters. The number of hydrogen-bond donors (Lipinski definition) is 1. The molecule has 0 spiro atoms. The minimum atomic E-state index is -1.05. The van der Waals surface area contributed by atoms with Gasteiger partial charge in [-0.1, -0.05) is 12.1 Å². The van der Waals surface area contributed by atoms with Crippen LogP contribution in [-0.4, -0.2) is 47.4 Å². The Hall–Kier alpha value is -5.91. The van der Waals surface area contributed by atoms with E-state index in [0.717, 1.165) is 4.90 Å². The number of carboxylic acids is 1. The largest absolute Gasteiger partial charge is 0.482 e. The molecule has 3 aromatic carbocycles. The molecule has 1 aliphatic heterocycles. The maximum absolute atomic E-state index is 14.2. The zero-order valence-corrected chi connectivity index (χ0v) is 22.5. The summed E-state index contributed by atoms with van der Waals surface area (Å²) in [5.41, 5.74) is 2.65. The zero-order valence-electron chi connectivity index (χ0n) is 22.5. The van der Waals surface area contributed by atoms with Crippen LogP contribution in [0.4, 0.5) is 10.2 Å². The zero-order chi connectivity index (χ0) is 29.8. The highest BCUT2D eigenvalue weighted by atomic mass is 19.1. The van der Waals surface area contributed by atoms with E-state index >= 15 is 0 Å². The molecule has 1 N–H and O–H groups in total. The second-order valence-electron chi connectivity index (χ2n) is 10.0. The monoisotopic (exact) mass is 576 g/mol. The average molecular weight is 577 g/mol. The molecule has 1 aliphatic rings. The van der Waals surface area contributed by atoms with Gasteiger partial charge in [0.2, 0.25) is 0 Å². The van der Waals surface area contributed by atoms with Crippen molar-refractivity contribution in [2.75, 3.05) is 4.90 Å². The fourth-order valence-electron chi connectivity index (χ4n) is 5.32. The van der Waals surface area contributed by atoms with Gasteiger partial charge in [0.15, 0.2) is 11.6 Å². The molecule has 0 saturated carbocycles. The molecule has 0 saturated heterocycles. The number of ether oxygens (including phenoxy) is 1. The highest BCUT2D eigenvalue weighted by Gasteiger charge is 2.39. The highest BCUT2D eigenvalue weighted by molar-refractivity contribution is 6.34. The van der Waals surface area contributed by atoms with Crippen LogP contribution in [0, 0.1) is 5.82 Å². The van der Waals surface area contributed by atoms with Crippen LogP contribution < -0.4 is 9.64 Å². The normalized spacial score (nSPS) is 13.6. The smallest absolute Gasteiger partial charge is 0.325 e. The van der Waals surface area contributed by atoms with Gasteiger partial charge in [0.25, 0.3) is 11.8 Å². The fraction of sp³-hybridized carbons (Fsp3) is 0.0968. The summed E-state index contributed by atoms with van der Waals surface area (Å²) >= 11 is 0. The van der Waals surface area contributed by atoms with Crippen molar-refractivity contribution in [2.24, 2.45) is 0 Å². The number of halogens is 1. The van der Waals surface area contributed by atoms with Crippen molar-refractivity contribution in [3.8, 4) is 11.4 Å². The van der Waals surface area contributed by atoms with Crippen LogP contribution in [0.25, 0.3) is 27.5 Å². The first kappa shape index (κ1) is 26.0. The number of pyridine rings is 1. The predicted octanol–water partition coefficient (Wildman–Crippen LogP) is 4.93. The summed E-state index contributed by atoms with van der Waals surface area (Å²) in [5, 5.41) is 19.1. The van der Waals surface area contributed by atoms with Gasteiger partial charge < -0.3 is 9.84 Å². The lowest BCUT2D eigenvalue weighted by molar-refractivity contribution is -0.137. The molecule has 0 bridgehead atoms. The molecule has 0 aliphatic carbocycles. The van der Waals surface area contributed by atoms with E-state index < -0.39 is 29.7 Å². The van der Waals surface area contributed by atoms with Gasteiger partial charge in [-0.25, -0.2) is 19.0 Å². The third-order valence-electron chi connectivity index (χ3n) is 7.30. The Morgan fingerprint density at radius 1 is 0.977 bits per heavy atom. The number of amides is 2. The van der Waals surface area contributed by atoms with E-state index in [1.807, 2.05) is 6.07 Å². The molecule has 4 heterocycles. The fourth-order valence-corrected chi connectivity index (χ4v) is 5.32. The number of fused-ring (bicyclic) bond motifs is 3. The third-order valence-corrected chi connectivity index (χ3v) is 7.30. The highest BCUT2D eigenvalue weighted by Crippen LogP contribution is 2.39. The first-order valence-electron chi connectivity index (χ1n) is 13.2. The summed E-state index contributed by atoms with van der Waals surface area (Å²) in [6, 6.07) is 17.4. The number of aliphatic carboxylic acids is 1. The Labute approximate surface area is 242 Å². The molecule has 11 nitrogen and oxygen atoms in total. The standard InChI is InChI=1S/C31H21FN6O5/c1-17(23-14-25-19(15-34-37(25)16-28(39)40)12-26(23)36-10-4-9-33-36)43-27-13-18-11-20(32)7-8-24(18)35-29(27)38-30(41)21-5-2-3-6-22(21)31(38)42/h2-15,17H,16H2,1H3,(H,39,40). The Morgan fingerprint density at radius 3 is 2.44 bits per heavy atom. The van der Waals surface area contributed by atoms with Crippen LogP contribution >= 0.6 is 0 Å². The van der Waals surface area contributed by atoms with E-state index in [-0.39, 0.29) is 29.2 Å². The van der Waals surface area contributed by atoms with Crippen LogP contribution in [-0.2, 0) is 11.3 Å². The molecule has 3 aromatic heterocycles. The summed E-state index contributed by atoms with van der Waals surface area (Å²) in [4.78, 5) is 43.9. The SMILES string of the molecule is CC(Oc1cc2cc(F)ccc2nc1N1C(=O)c2ccccc2C1=O)c1cc2c(cnn2CC(=O)O)cc1-n1cccn1. The maximum Gasteiger partial charge on any atom is 0.325 e. The van der Waals surface area contributed by atoms with Gasteiger partial charge in [0.1, 0.15) is 18.5 Å². The quantitative estimate of drug-likeness (QED) is 0.265. The topological polar surface area (TPSA) is 132 Å². The lowest BCUT2D eigenvalue weighted by Gasteiger charge is -2.23. The van der Waals surface area contributed by atoms with Gasteiger partial charge in [0, 0.05) is 28.7 Å². The first-order valence-corrected chi connectivity index (χ1v) is 13.2. The number of nitrogens with zero attached hydrogens (tertiary/aromatic N) is 6. The number of benzene rings is 3. The van der Waals surface area contributed by atoms with E-state index in [2.05, 4.69) is 15.2 Å². The summed E-state index contributed by atoms with van der Waals surface area (Å²) in [6.45, 7) is 1.41. The Balaban J connectivity index is 1.37. The predicted molar refractivity (Wildman–Crippen MR) is 153 cm³/mol. The number of anilines is 1. The van der Waals surface area contributed by atoms with E-state index in [9.17, 15) is 23.9 Å². The summed E-state index contributed by atoms with van der Waals surface area (Å²) in [7, 11) is 0. The van der Waals surface area contributed by atoms with Crippen LogP contribution in [0.2, 0.25) is 0 Å². The molecule has 1 unspecified atom stereocenters. The van der Waals surface area contributed by atoms with Crippen LogP contribution in [0.5, 0.6) is 5.75 Å². The van der Waals surface area contributed by atoms with Gasteiger partial charge in [-0.2, -0.15) is 10.2 Å². The van der Waals surface area contributed by atoms with Crippen molar-refractivity contribution in [3.05, 3.63) is 108 Å². The second-order valence-corrected chi connectivity index (χ2v) is 10.0. The molecule has 212 valence electrons. The molecule has 43 heavy (non-hydrogen) atoms. The van der Waals surface area contributed by atoms with Crippen molar-refractivity contribution in [1.29, 1.82) is 0 Å². The van der Waals surface area contributed by atoms with Crippen molar-refractivity contribution in [1.82, 2.24) is 24.5 Å². The van der Waals surface area contributed by atoms with Gasteiger partial charge >= 0.3 is 5.97 Å². The van der Waals surface area contributed by atoms with Gasteiger partial charge in [-0.05, 0) is 61.5 Å². The lowest BCUT2D eigenvalue weighted by atomic mass is 10.1. The Bertz CT molecular complexity index is 2070. The molecule has 6 aromatic rings. The first-order chi connectivity index (χ1) is 20.8. The average Bonchev–Trinajstić information content (AvgIpc) is 3.72. The maximum atomic E-state index is 14.2. The molecular formula is C31H21FN6O5. The number of imide groups is 1. The number of carbonyl (C=O) groups is 3. The molecule has 7 rings (SSSR count). The van der Waals surface area contributed by atoms with Crippen LogP contribution in [0.1, 0.15) is 39.3 Å². The van der Waals surface area contributed by atoms with E-state index in [0.29, 0.717) is 33.1 Å². The van der Waals surface area contributed by atoms with Gasteiger partial charge in [-0.15, -0.1) is 0 Å². The van der Waals surface area contributed by atoms with Gasteiger partial charge in [-0.3, -0.25) is 19.1 Å². The van der Waals surface area contributed by atoms with Crippen molar-refractivity contribution < 1.29 is 28.6 Å². The van der Waals surface area contributed by atoms with Crippen LogP contribution in [0.15, 0.2) is 85.3 Å². The van der Waals surface area contributed by atoms with Crippen LogP contribution in [0.3, 0.4) is 0 Å². The number of rotatable bonds is 7. The molecule has 2 amide bonds. The molecule has 0 fully saturated rings. The van der Waals surface area contributed by atoms with Gasteiger partial charge in [0.05, 0.1) is 34.0 Å². The lowest BCUT2D eigenvalue weighted by Crippen LogP contribution is -2.31.